The average Bonchev–Trinajstić information content (AvgIpc) is 3.54. The Morgan fingerprint density at radius 1 is 1.19 bits per heavy atom. The van der Waals surface area contributed by atoms with Crippen molar-refractivity contribution in [1.29, 1.82) is 0 Å². The standard InChI is InChI=1S/C23H23N3O4S/c1-25(13-16-15-29-20-6-2-3-7-21(20)30-16)14-23(27)26-18(22-9-5-11-31-22)12-17(24-26)19-8-4-10-28-19/h2-11,16,18H,12-15H2,1H3. The van der Waals surface area contributed by atoms with Gasteiger partial charge < -0.3 is 13.9 Å². The van der Waals surface area contributed by atoms with Crippen molar-refractivity contribution in [3.63, 3.8) is 0 Å². The Morgan fingerprint density at radius 2 is 2.06 bits per heavy atom. The van der Waals surface area contributed by atoms with E-state index in [0.29, 0.717) is 25.3 Å². The smallest absolute Gasteiger partial charge is 0.257 e. The SMILES string of the molecule is CN(CC(=O)N1N=C(c2ccco2)CC1c1cccs1)CC1COc2ccccc2O1. The van der Waals surface area contributed by atoms with Gasteiger partial charge in [0, 0.05) is 17.8 Å². The maximum Gasteiger partial charge on any atom is 0.257 e. The Bertz CT molecular complexity index is 1060. The monoisotopic (exact) mass is 437 g/mol. The summed E-state index contributed by atoms with van der Waals surface area (Å²) in [6.45, 7) is 1.27. The molecule has 0 radical (unpaired) electrons. The molecule has 4 heterocycles. The fourth-order valence-electron chi connectivity index (χ4n) is 3.90. The zero-order valence-corrected chi connectivity index (χ0v) is 18.0. The van der Waals surface area contributed by atoms with Crippen molar-refractivity contribution in [2.75, 3.05) is 26.7 Å². The third-order valence-electron chi connectivity index (χ3n) is 5.33. The first-order chi connectivity index (χ1) is 15.2. The third-order valence-corrected chi connectivity index (χ3v) is 6.30. The number of thiophene rings is 1. The number of para-hydroxylation sites is 2. The molecule has 2 aliphatic rings. The second-order valence-electron chi connectivity index (χ2n) is 7.69. The van der Waals surface area contributed by atoms with Gasteiger partial charge in [-0.3, -0.25) is 9.69 Å². The van der Waals surface area contributed by atoms with E-state index in [1.807, 2.05) is 65.9 Å². The van der Waals surface area contributed by atoms with Crippen molar-refractivity contribution in [2.45, 2.75) is 18.6 Å². The van der Waals surface area contributed by atoms with Gasteiger partial charge in [0.25, 0.3) is 5.91 Å². The molecule has 2 atom stereocenters. The van der Waals surface area contributed by atoms with E-state index in [2.05, 4.69) is 5.10 Å². The molecule has 8 heteroatoms. The number of carbonyl (C=O) groups is 1. The number of hydrazone groups is 1. The Kier molecular flexibility index (Phi) is 5.48. The van der Waals surface area contributed by atoms with Crippen LogP contribution in [0.2, 0.25) is 0 Å². The lowest BCUT2D eigenvalue weighted by Crippen LogP contribution is -2.43. The molecule has 7 nitrogen and oxygen atoms in total. The van der Waals surface area contributed by atoms with E-state index in [1.54, 1.807) is 22.6 Å². The number of benzene rings is 1. The van der Waals surface area contributed by atoms with Gasteiger partial charge in [0.15, 0.2) is 11.5 Å². The van der Waals surface area contributed by atoms with E-state index in [1.165, 1.54) is 0 Å². The summed E-state index contributed by atoms with van der Waals surface area (Å²) < 4.78 is 17.3. The predicted octanol–water partition coefficient (Wildman–Crippen LogP) is 3.79. The lowest BCUT2D eigenvalue weighted by atomic mass is 10.1. The number of amides is 1. The Hall–Kier alpha value is -3.10. The highest BCUT2D eigenvalue weighted by Gasteiger charge is 2.35. The van der Waals surface area contributed by atoms with E-state index < -0.39 is 0 Å². The molecule has 2 unspecified atom stereocenters. The van der Waals surface area contributed by atoms with Crippen molar-refractivity contribution in [3.8, 4) is 11.5 Å². The largest absolute Gasteiger partial charge is 0.486 e. The van der Waals surface area contributed by atoms with Crippen LogP contribution in [0.25, 0.3) is 0 Å². The molecule has 31 heavy (non-hydrogen) atoms. The molecule has 1 aromatic carbocycles. The molecule has 0 saturated carbocycles. The van der Waals surface area contributed by atoms with Gasteiger partial charge in [0.05, 0.1) is 18.8 Å². The summed E-state index contributed by atoms with van der Waals surface area (Å²) in [7, 11) is 1.91. The molecule has 1 amide bonds. The van der Waals surface area contributed by atoms with Crippen molar-refractivity contribution in [3.05, 3.63) is 70.8 Å². The highest BCUT2D eigenvalue weighted by molar-refractivity contribution is 7.10. The van der Waals surface area contributed by atoms with Crippen LogP contribution in [-0.2, 0) is 4.79 Å². The van der Waals surface area contributed by atoms with Crippen LogP contribution in [-0.4, -0.2) is 54.4 Å². The fourth-order valence-corrected chi connectivity index (χ4v) is 4.71. The zero-order valence-electron chi connectivity index (χ0n) is 17.1. The molecule has 0 saturated heterocycles. The molecule has 3 aromatic rings. The van der Waals surface area contributed by atoms with Crippen LogP contribution in [0.3, 0.4) is 0 Å². The van der Waals surface area contributed by atoms with Crippen molar-refractivity contribution in [2.24, 2.45) is 5.10 Å². The van der Waals surface area contributed by atoms with Crippen molar-refractivity contribution in [1.82, 2.24) is 9.91 Å². The number of fused-ring (bicyclic) bond motifs is 1. The second kappa shape index (κ2) is 8.56. The van der Waals surface area contributed by atoms with Gasteiger partial charge in [0.1, 0.15) is 24.2 Å². The lowest BCUT2D eigenvalue weighted by Gasteiger charge is -2.30. The third kappa shape index (κ3) is 4.22. The summed E-state index contributed by atoms with van der Waals surface area (Å²) in [5, 5.41) is 8.25. The van der Waals surface area contributed by atoms with Gasteiger partial charge in [-0.25, -0.2) is 5.01 Å². The number of hydrogen-bond acceptors (Lipinski definition) is 7. The number of rotatable bonds is 6. The summed E-state index contributed by atoms with van der Waals surface area (Å²) in [6, 6.07) is 15.3. The molecule has 0 bridgehead atoms. The van der Waals surface area contributed by atoms with Gasteiger partial charge in [-0.2, -0.15) is 5.10 Å². The van der Waals surface area contributed by atoms with E-state index in [-0.39, 0.29) is 24.6 Å². The van der Waals surface area contributed by atoms with E-state index in [9.17, 15) is 4.79 Å². The van der Waals surface area contributed by atoms with Gasteiger partial charge in [0.2, 0.25) is 0 Å². The summed E-state index contributed by atoms with van der Waals surface area (Å²) in [4.78, 5) is 16.3. The number of likely N-dealkylation sites (N-methyl/N-ethyl adjacent to an activating group) is 1. The normalized spacial score (nSPS) is 20.2. The number of furan rings is 1. The summed E-state index contributed by atoms with van der Waals surface area (Å²) in [6.07, 6.45) is 2.13. The van der Waals surface area contributed by atoms with E-state index in [4.69, 9.17) is 13.9 Å². The zero-order chi connectivity index (χ0) is 21.2. The summed E-state index contributed by atoms with van der Waals surface area (Å²) in [5.41, 5.74) is 0.792. The van der Waals surface area contributed by atoms with Crippen LogP contribution in [0, 0.1) is 0 Å². The first-order valence-corrected chi connectivity index (χ1v) is 11.1. The molecule has 0 fully saturated rings. The first-order valence-electron chi connectivity index (χ1n) is 10.2. The lowest BCUT2D eigenvalue weighted by molar-refractivity contribution is -0.134. The van der Waals surface area contributed by atoms with Crippen LogP contribution in [0.15, 0.2) is 69.7 Å². The predicted molar refractivity (Wildman–Crippen MR) is 118 cm³/mol. The molecular weight excluding hydrogens is 414 g/mol. The summed E-state index contributed by atoms with van der Waals surface area (Å²) >= 11 is 1.63. The molecule has 2 aliphatic heterocycles. The van der Waals surface area contributed by atoms with E-state index in [0.717, 1.165) is 22.1 Å². The molecule has 0 spiro atoms. The Morgan fingerprint density at radius 3 is 2.84 bits per heavy atom. The van der Waals surface area contributed by atoms with Gasteiger partial charge >= 0.3 is 0 Å². The minimum absolute atomic E-state index is 0.0559. The number of ether oxygens (including phenoxy) is 2. The molecule has 2 aromatic heterocycles. The van der Waals surface area contributed by atoms with Crippen LogP contribution < -0.4 is 9.47 Å². The van der Waals surface area contributed by atoms with Crippen LogP contribution in [0.1, 0.15) is 23.1 Å². The minimum atomic E-state index is -0.137. The molecule has 0 aliphatic carbocycles. The van der Waals surface area contributed by atoms with Gasteiger partial charge in [-0.15, -0.1) is 11.3 Å². The quantitative estimate of drug-likeness (QED) is 0.587. The molecule has 0 N–H and O–H groups in total. The van der Waals surface area contributed by atoms with Crippen LogP contribution >= 0.6 is 11.3 Å². The number of nitrogens with zero attached hydrogens (tertiary/aromatic N) is 3. The highest BCUT2D eigenvalue weighted by atomic mass is 32.1. The molecular formula is C23H23N3O4S. The summed E-state index contributed by atoms with van der Waals surface area (Å²) in [5.74, 6) is 2.15. The molecule has 5 rings (SSSR count). The Labute approximate surface area is 184 Å². The maximum atomic E-state index is 13.2. The minimum Gasteiger partial charge on any atom is -0.486 e. The van der Waals surface area contributed by atoms with Crippen molar-refractivity contribution < 1.29 is 18.7 Å². The number of carbonyl (C=O) groups excluding carboxylic acids is 1. The van der Waals surface area contributed by atoms with Gasteiger partial charge in [-0.05, 0) is 42.8 Å². The molecule has 160 valence electrons. The van der Waals surface area contributed by atoms with Gasteiger partial charge in [-0.1, -0.05) is 18.2 Å². The maximum absolute atomic E-state index is 13.2. The second-order valence-corrected chi connectivity index (χ2v) is 8.67. The van der Waals surface area contributed by atoms with E-state index >= 15 is 0 Å². The van der Waals surface area contributed by atoms with Crippen molar-refractivity contribution >= 4 is 23.0 Å². The van der Waals surface area contributed by atoms with Crippen LogP contribution in [0.4, 0.5) is 0 Å². The fraction of sp³-hybridized carbons (Fsp3) is 0.304. The topological polar surface area (TPSA) is 67.5 Å². The Balaban J connectivity index is 1.26. The van der Waals surface area contributed by atoms with Crippen LogP contribution in [0.5, 0.6) is 11.5 Å². The first kappa shape index (κ1) is 19.8. The number of hydrogen-bond donors (Lipinski definition) is 0. The average molecular weight is 438 g/mol. The highest BCUT2D eigenvalue weighted by Crippen LogP contribution is 2.35.